The zero-order chi connectivity index (χ0) is 16.7. The number of anilines is 1. The number of likely N-dealkylation sites (tertiary alicyclic amines) is 1. The lowest BCUT2D eigenvalue weighted by Crippen LogP contribution is -2.47. The normalized spacial score (nSPS) is 17.4. The largest absolute Gasteiger partial charge is 0.481 e. The van der Waals surface area contributed by atoms with Crippen LogP contribution in [0.5, 0.6) is 0 Å². The van der Waals surface area contributed by atoms with Gasteiger partial charge in [0.05, 0.1) is 5.92 Å². The third-order valence-corrected chi connectivity index (χ3v) is 3.74. The van der Waals surface area contributed by atoms with Crippen LogP contribution in [0.15, 0.2) is 30.3 Å². The van der Waals surface area contributed by atoms with Gasteiger partial charge in [0.2, 0.25) is 5.91 Å². The van der Waals surface area contributed by atoms with Crippen LogP contribution in [-0.2, 0) is 9.59 Å². The van der Waals surface area contributed by atoms with Crippen LogP contribution >= 0.6 is 0 Å². The van der Waals surface area contributed by atoms with Crippen molar-refractivity contribution in [2.45, 2.75) is 19.3 Å². The Morgan fingerprint density at radius 2 is 1.96 bits per heavy atom. The van der Waals surface area contributed by atoms with Gasteiger partial charge in [0.1, 0.15) is 0 Å². The molecular weight excluding hydrogens is 298 g/mol. The van der Waals surface area contributed by atoms with Gasteiger partial charge >= 0.3 is 12.0 Å². The summed E-state index contributed by atoms with van der Waals surface area (Å²) in [5.74, 6) is -1.56. The first kappa shape index (κ1) is 16.8. The van der Waals surface area contributed by atoms with Gasteiger partial charge in [-0.25, -0.2) is 4.79 Å². The molecule has 23 heavy (non-hydrogen) atoms. The highest BCUT2D eigenvalue weighted by Crippen LogP contribution is 2.16. The minimum absolute atomic E-state index is 0.164. The Balaban J connectivity index is 1.70. The van der Waals surface area contributed by atoms with Crippen molar-refractivity contribution in [3.8, 4) is 0 Å². The molecule has 0 saturated carbocycles. The molecule has 0 aromatic heterocycles. The highest BCUT2D eigenvalue weighted by Gasteiger charge is 2.27. The number of carboxylic acids is 1. The van der Waals surface area contributed by atoms with Crippen LogP contribution < -0.4 is 10.6 Å². The van der Waals surface area contributed by atoms with Crippen LogP contribution in [0.25, 0.3) is 0 Å². The average Bonchev–Trinajstić information content (AvgIpc) is 2.55. The Kier molecular flexibility index (Phi) is 5.96. The molecule has 124 valence electrons. The Labute approximate surface area is 134 Å². The molecule has 2 rings (SSSR count). The molecule has 1 aromatic rings. The maximum absolute atomic E-state index is 12.0. The summed E-state index contributed by atoms with van der Waals surface area (Å²) in [5.41, 5.74) is 0.712. The fourth-order valence-electron chi connectivity index (χ4n) is 2.50. The lowest BCUT2D eigenvalue weighted by atomic mass is 9.99. The number of amides is 3. The summed E-state index contributed by atoms with van der Waals surface area (Å²) < 4.78 is 0. The number of aliphatic carboxylic acids is 1. The SMILES string of the molecule is O=C(CCNC(=O)N1CCCC(C(=O)O)C1)Nc1ccccc1. The Morgan fingerprint density at radius 3 is 2.65 bits per heavy atom. The minimum Gasteiger partial charge on any atom is -0.481 e. The van der Waals surface area contributed by atoms with E-state index in [0.29, 0.717) is 25.1 Å². The van der Waals surface area contributed by atoms with Gasteiger partial charge in [-0.3, -0.25) is 9.59 Å². The van der Waals surface area contributed by atoms with Crippen LogP contribution in [-0.4, -0.2) is 47.5 Å². The van der Waals surface area contributed by atoms with E-state index >= 15 is 0 Å². The highest BCUT2D eigenvalue weighted by molar-refractivity contribution is 5.91. The van der Waals surface area contributed by atoms with Gasteiger partial charge in [-0.05, 0) is 25.0 Å². The van der Waals surface area contributed by atoms with Crippen molar-refractivity contribution in [3.63, 3.8) is 0 Å². The second kappa shape index (κ2) is 8.17. The number of urea groups is 1. The number of nitrogens with one attached hydrogen (secondary N) is 2. The molecule has 1 unspecified atom stereocenters. The predicted octanol–water partition coefficient (Wildman–Crippen LogP) is 1.52. The van der Waals surface area contributed by atoms with Crippen molar-refractivity contribution in [1.29, 1.82) is 0 Å². The van der Waals surface area contributed by atoms with Crippen molar-refractivity contribution in [2.24, 2.45) is 5.92 Å². The second-order valence-electron chi connectivity index (χ2n) is 5.52. The Bertz CT molecular complexity index is 562. The summed E-state index contributed by atoms with van der Waals surface area (Å²) in [6.07, 6.45) is 1.44. The van der Waals surface area contributed by atoms with Crippen LogP contribution in [0, 0.1) is 5.92 Å². The number of carboxylic acid groups (broad SMARTS) is 1. The zero-order valence-electron chi connectivity index (χ0n) is 12.8. The van der Waals surface area contributed by atoms with E-state index in [-0.39, 0.29) is 31.4 Å². The number of benzene rings is 1. The third kappa shape index (κ3) is 5.28. The van der Waals surface area contributed by atoms with Gasteiger partial charge < -0.3 is 20.6 Å². The molecule has 3 amide bonds. The van der Waals surface area contributed by atoms with E-state index in [1.807, 2.05) is 18.2 Å². The van der Waals surface area contributed by atoms with Crippen LogP contribution in [0.1, 0.15) is 19.3 Å². The molecule has 0 aliphatic carbocycles. The smallest absolute Gasteiger partial charge is 0.317 e. The fourth-order valence-corrected chi connectivity index (χ4v) is 2.50. The number of rotatable bonds is 5. The number of carbonyl (C=O) groups is 3. The van der Waals surface area contributed by atoms with Crippen molar-refractivity contribution in [3.05, 3.63) is 30.3 Å². The highest BCUT2D eigenvalue weighted by atomic mass is 16.4. The molecular formula is C16H21N3O4. The number of nitrogens with zero attached hydrogens (tertiary/aromatic N) is 1. The monoisotopic (exact) mass is 319 g/mol. The first-order valence-electron chi connectivity index (χ1n) is 7.67. The molecule has 0 bridgehead atoms. The van der Waals surface area contributed by atoms with Crippen molar-refractivity contribution < 1.29 is 19.5 Å². The van der Waals surface area contributed by atoms with E-state index in [9.17, 15) is 14.4 Å². The number of para-hydroxylation sites is 1. The van der Waals surface area contributed by atoms with E-state index in [1.54, 1.807) is 12.1 Å². The van der Waals surface area contributed by atoms with Crippen LogP contribution in [0.3, 0.4) is 0 Å². The maximum atomic E-state index is 12.0. The Morgan fingerprint density at radius 1 is 1.22 bits per heavy atom. The van der Waals surface area contributed by atoms with Crippen LogP contribution in [0.2, 0.25) is 0 Å². The van der Waals surface area contributed by atoms with E-state index < -0.39 is 11.9 Å². The molecule has 1 aromatic carbocycles. The van der Waals surface area contributed by atoms with Crippen molar-refractivity contribution in [2.75, 3.05) is 25.0 Å². The van der Waals surface area contributed by atoms with Crippen molar-refractivity contribution >= 4 is 23.6 Å². The molecule has 7 nitrogen and oxygen atoms in total. The minimum atomic E-state index is -0.871. The topological polar surface area (TPSA) is 98.7 Å². The average molecular weight is 319 g/mol. The summed E-state index contributed by atoms with van der Waals surface area (Å²) in [7, 11) is 0. The maximum Gasteiger partial charge on any atom is 0.317 e. The molecule has 1 atom stereocenters. The quantitative estimate of drug-likeness (QED) is 0.766. The van der Waals surface area contributed by atoms with Gasteiger partial charge in [0, 0.05) is 31.7 Å². The van der Waals surface area contributed by atoms with E-state index in [0.717, 1.165) is 0 Å². The summed E-state index contributed by atoms with van der Waals surface area (Å²) in [6.45, 7) is 0.981. The molecule has 7 heteroatoms. The van der Waals surface area contributed by atoms with Gasteiger partial charge in [-0.15, -0.1) is 0 Å². The molecule has 0 spiro atoms. The van der Waals surface area contributed by atoms with E-state index in [4.69, 9.17) is 5.11 Å². The standard InChI is InChI=1S/C16H21N3O4/c20-14(18-13-6-2-1-3-7-13)8-9-17-16(23)19-10-4-5-12(11-19)15(21)22/h1-3,6-7,12H,4-5,8-11H2,(H,17,23)(H,18,20)(H,21,22). The molecule has 1 fully saturated rings. The summed E-state index contributed by atoms with van der Waals surface area (Å²) in [5, 5.41) is 14.4. The van der Waals surface area contributed by atoms with Gasteiger partial charge in [-0.1, -0.05) is 18.2 Å². The van der Waals surface area contributed by atoms with E-state index in [1.165, 1.54) is 4.90 Å². The first-order chi connectivity index (χ1) is 11.1. The number of hydrogen-bond donors (Lipinski definition) is 3. The summed E-state index contributed by atoms with van der Waals surface area (Å²) >= 11 is 0. The lowest BCUT2D eigenvalue weighted by Gasteiger charge is -2.30. The predicted molar refractivity (Wildman–Crippen MR) is 85.0 cm³/mol. The van der Waals surface area contributed by atoms with Gasteiger partial charge in [0.15, 0.2) is 0 Å². The van der Waals surface area contributed by atoms with E-state index in [2.05, 4.69) is 10.6 Å². The second-order valence-corrected chi connectivity index (χ2v) is 5.52. The van der Waals surface area contributed by atoms with Crippen molar-refractivity contribution in [1.82, 2.24) is 10.2 Å². The molecule has 1 aliphatic rings. The molecule has 1 heterocycles. The molecule has 1 saturated heterocycles. The van der Waals surface area contributed by atoms with Crippen LogP contribution in [0.4, 0.5) is 10.5 Å². The fraction of sp³-hybridized carbons (Fsp3) is 0.438. The summed E-state index contributed by atoms with van der Waals surface area (Å²) in [6, 6.07) is 8.77. The number of carbonyl (C=O) groups excluding carboxylic acids is 2. The number of hydrogen-bond acceptors (Lipinski definition) is 3. The molecule has 1 aliphatic heterocycles. The van der Waals surface area contributed by atoms with Gasteiger partial charge in [0.25, 0.3) is 0 Å². The first-order valence-corrected chi connectivity index (χ1v) is 7.67. The lowest BCUT2D eigenvalue weighted by molar-refractivity contribution is -0.143. The molecule has 3 N–H and O–H groups in total. The summed E-state index contributed by atoms with van der Waals surface area (Å²) in [4.78, 5) is 36.2. The number of piperidine rings is 1. The zero-order valence-corrected chi connectivity index (χ0v) is 12.8. The third-order valence-electron chi connectivity index (χ3n) is 3.74. The molecule has 0 radical (unpaired) electrons. The van der Waals surface area contributed by atoms with Gasteiger partial charge in [-0.2, -0.15) is 0 Å². The Hall–Kier alpha value is -2.57.